The maximum atomic E-state index is 13.1. The molecular formula is C16H14F3NO2. The number of amides is 1. The fourth-order valence-electron chi connectivity index (χ4n) is 1.90. The van der Waals surface area contributed by atoms with Crippen molar-refractivity contribution in [3.8, 4) is 5.75 Å². The number of hydrogen-bond donors (Lipinski definition) is 1. The van der Waals surface area contributed by atoms with E-state index < -0.39 is 12.4 Å². The van der Waals surface area contributed by atoms with Crippen molar-refractivity contribution in [2.45, 2.75) is 20.0 Å². The molecule has 0 heterocycles. The molecule has 2 rings (SSSR count). The molecule has 0 unspecified atom stereocenters. The number of hydrogen-bond acceptors (Lipinski definition) is 2. The van der Waals surface area contributed by atoms with Crippen LogP contribution in [0.15, 0.2) is 42.5 Å². The Kier molecular flexibility index (Phi) is 5.04. The van der Waals surface area contributed by atoms with Gasteiger partial charge < -0.3 is 10.1 Å². The van der Waals surface area contributed by atoms with Crippen molar-refractivity contribution in [1.29, 1.82) is 0 Å². The van der Waals surface area contributed by atoms with E-state index in [0.717, 1.165) is 5.56 Å². The van der Waals surface area contributed by atoms with Gasteiger partial charge in [-0.1, -0.05) is 18.2 Å². The van der Waals surface area contributed by atoms with E-state index in [1.165, 1.54) is 36.4 Å². The molecule has 1 amide bonds. The van der Waals surface area contributed by atoms with Crippen molar-refractivity contribution in [2.24, 2.45) is 0 Å². The lowest BCUT2D eigenvalue weighted by Crippen LogP contribution is -2.15. The van der Waals surface area contributed by atoms with Crippen LogP contribution in [-0.2, 0) is 11.2 Å². The van der Waals surface area contributed by atoms with Crippen molar-refractivity contribution in [2.75, 3.05) is 5.32 Å². The second kappa shape index (κ2) is 6.98. The summed E-state index contributed by atoms with van der Waals surface area (Å²) in [7, 11) is 0. The van der Waals surface area contributed by atoms with Crippen LogP contribution in [0, 0.1) is 12.7 Å². The van der Waals surface area contributed by atoms with E-state index in [-0.39, 0.29) is 18.1 Å². The number of carbonyl (C=O) groups is 1. The summed E-state index contributed by atoms with van der Waals surface area (Å²) in [6, 6.07) is 9.90. The molecule has 0 radical (unpaired) electrons. The Labute approximate surface area is 125 Å². The number of alkyl halides is 2. The highest BCUT2D eigenvalue weighted by Gasteiger charge is 2.08. The van der Waals surface area contributed by atoms with Crippen LogP contribution in [0.4, 0.5) is 18.9 Å². The SMILES string of the molecule is Cc1ccc(F)cc1NC(=O)Cc1ccc(OC(F)F)cc1. The Morgan fingerprint density at radius 3 is 2.50 bits per heavy atom. The number of ether oxygens (including phenoxy) is 1. The van der Waals surface area contributed by atoms with E-state index >= 15 is 0 Å². The molecule has 0 aliphatic carbocycles. The van der Waals surface area contributed by atoms with Crippen LogP contribution in [0.1, 0.15) is 11.1 Å². The molecule has 116 valence electrons. The van der Waals surface area contributed by atoms with Gasteiger partial charge in [0.1, 0.15) is 11.6 Å². The van der Waals surface area contributed by atoms with Gasteiger partial charge in [-0.15, -0.1) is 0 Å². The highest BCUT2D eigenvalue weighted by atomic mass is 19.3. The van der Waals surface area contributed by atoms with Gasteiger partial charge in [0.05, 0.1) is 6.42 Å². The second-order valence-corrected chi connectivity index (χ2v) is 4.71. The predicted molar refractivity (Wildman–Crippen MR) is 76.5 cm³/mol. The molecule has 0 fully saturated rings. The first-order chi connectivity index (χ1) is 10.4. The van der Waals surface area contributed by atoms with E-state index in [0.29, 0.717) is 11.3 Å². The zero-order chi connectivity index (χ0) is 16.1. The van der Waals surface area contributed by atoms with Crippen LogP contribution in [0.3, 0.4) is 0 Å². The number of nitrogens with one attached hydrogen (secondary N) is 1. The smallest absolute Gasteiger partial charge is 0.387 e. The molecule has 0 aromatic heterocycles. The van der Waals surface area contributed by atoms with Crippen LogP contribution in [0.25, 0.3) is 0 Å². The van der Waals surface area contributed by atoms with Gasteiger partial charge in [0.15, 0.2) is 0 Å². The number of carbonyl (C=O) groups excluding carboxylic acids is 1. The molecule has 0 aliphatic heterocycles. The first-order valence-corrected chi connectivity index (χ1v) is 6.54. The molecular weight excluding hydrogens is 295 g/mol. The van der Waals surface area contributed by atoms with Gasteiger partial charge in [0.2, 0.25) is 5.91 Å². The Hall–Kier alpha value is -2.50. The number of benzene rings is 2. The molecule has 0 spiro atoms. The summed E-state index contributed by atoms with van der Waals surface area (Å²) < 4.78 is 41.4. The molecule has 3 nitrogen and oxygen atoms in total. The van der Waals surface area contributed by atoms with Gasteiger partial charge in [0, 0.05) is 5.69 Å². The minimum atomic E-state index is -2.88. The number of anilines is 1. The minimum absolute atomic E-state index is 0.0279. The van der Waals surface area contributed by atoms with Crippen molar-refractivity contribution in [1.82, 2.24) is 0 Å². The molecule has 0 bridgehead atoms. The molecule has 2 aromatic carbocycles. The molecule has 0 saturated carbocycles. The Balaban J connectivity index is 1.98. The van der Waals surface area contributed by atoms with E-state index in [4.69, 9.17) is 0 Å². The standard InChI is InChI=1S/C16H14F3NO2/c1-10-2-5-12(17)9-14(10)20-15(21)8-11-3-6-13(7-4-11)22-16(18)19/h2-7,9,16H,8H2,1H3,(H,20,21). The summed E-state index contributed by atoms with van der Waals surface area (Å²) in [4.78, 5) is 11.9. The lowest BCUT2D eigenvalue weighted by molar-refractivity contribution is -0.115. The lowest BCUT2D eigenvalue weighted by Gasteiger charge is -2.09. The van der Waals surface area contributed by atoms with Gasteiger partial charge in [-0.2, -0.15) is 8.78 Å². The molecule has 0 atom stereocenters. The van der Waals surface area contributed by atoms with Gasteiger partial charge in [-0.05, 0) is 42.3 Å². The minimum Gasteiger partial charge on any atom is -0.435 e. The summed E-state index contributed by atoms with van der Waals surface area (Å²) >= 11 is 0. The molecule has 0 saturated heterocycles. The topological polar surface area (TPSA) is 38.3 Å². The van der Waals surface area contributed by atoms with Crippen molar-refractivity contribution >= 4 is 11.6 Å². The third kappa shape index (κ3) is 4.51. The Morgan fingerprint density at radius 1 is 1.18 bits per heavy atom. The predicted octanol–water partition coefficient (Wildman–Crippen LogP) is 3.92. The van der Waals surface area contributed by atoms with Gasteiger partial charge in [-0.3, -0.25) is 4.79 Å². The zero-order valence-electron chi connectivity index (χ0n) is 11.8. The summed E-state index contributed by atoms with van der Waals surface area (Å²) in [6.07, 6.45) is 0.0465. The molecule has 22 heavy (non-hydrogen) atoms. The van der Waals surface area contributed by atoms with Crippen LogP contribution < -0.4 is 10.1 Å². The average Bonchev–Trinajstić information content (AvgIpc) is 2.44. The summed E-state index contributed by atoms with van der Waals surface area (Å²) in [5, 5.41) is 2.62. The van der Waals surface area contributed by atoms with Crippen molar-refractivity contribution < 1.29 is 22.7 Å². The Morgan fingerprint density at radius 2 is 1.86 bits per heavy atom. The van der Waals surface area contributed by atoms with E-state index in [1.807, 2.05) is 0 Å². The van der Waals surface area contributed by atoms with Crippen molar-refractivity contribution in [3.63, 3.8) is 0 Å². The third-order valence-electron chi connectivity index (χ3n) is 2.99. The first-order valence-electron chi connectivity index (χ1n) is 6.54. The number of rotatable bonds is 5. The maximum Gasteiger partial charge on any atom is 0.387 e. The first kappa shape index (κ1) is 15.9. The molecule has 2 aromatic rings. The monoisotopic (exact) mass is 309 g/mol. The summed E-state index contributed by atoms with van der Waals surface area (Å²) in [6.45, 7) is -1.13. The van der Waals surface area contributed by atoms with Crippen LogP contribution in [-0.4, -0.2) is 12.5 Å². The normalized spacial score (nSPS) is 10.6. The molecule has 0 aliphatic rings. The quantitative estimate of drug-likeness (QED) is 0.909. The van der Waals surface area contributed by atoms with E-state index in [1.54, 1.807) is 13.0 Å². The van der Waals surface area contributed by atoms with Crippen LogP contribution in [0.2, 0.25) is 0 Å². The van der Waals surface area contributed by atoms with Gasteiger partial charge in [-0.25, -0.2) is 4.39 Å². The fraction of sp³-hybridized carbons (Fsp3) is 0.188. The number of aryl methyl sites for hydroxylation is 1. The van der Waals surface area contributed by atoms with Gasteiger partial charge >= 0.3 is 6.61 Å². The van der Waals surface area contributed by atoms with E-state index in [9.17, 15) is 18.0 Å². The molecule has 6 heteroatoms. The lowest BCUT2D eigenvalue weighted by atomic mass is 10.1. The van der Waals surface area contributed by atoms with Crippen molar-refractivity contribution in [3.05, 3.63) is 59.4 Å². The highest BCUT2D eigenvalue weighted by molar-refractivity contribution is 5.92. The maximum absolute atomic E-state index is 13.1. The van der Waals surface area contributed by atoms with Crippen LogP contribution in [0.5, 0.6) is 5.75 Å². The second-order valence-electron chi connectivity index (χ2n) is 4.71. The zero-order valence-corrected chi connectivity index (χ0v) is 11.8. The highest BCUT2D eigenvalue weighted by Crippen LogP contribution is 2.18. The molecule has 1 N–H and O–H groups in total. The number of halogens is 3. The largest absolute Gasteiger partial charge is 0.435 e. The Bertz CT molecular complexity index is 657. The van der Waals surface area contributed by atoms with Crippen LogP contribution >= 0.6 is 0 Å². The summed E-state index contributed by atoms with van der Waals surface area (Å²) in [5.74, 6) is -0.731. The summed E-state index contributed by atoms with van der Waals surface area (Å²) in [5.41, 5.74) is 1.78. The average molecular weight is 309 g/mol. The fourth-order valence-corrected chi connectivity index (χ4v) is 1.90. The van der Waals surface area contributed by atoms with E-state index in [2.05, 4.69) is 10.1 Å². The third-order valence-corrected chi connectivity index (χ3v) is 2.99. The van der Waals surface area contributed by atoms with Gasteiger partial charge in [0.25, 0.3) is 0 Å².